The molecule has 0 aliphatic carbocycles. The zero-order valence-electron chi connectivity index (χ0n) is 14.8. The van der Waals surface area contributed by atoms with Gasteiger partial charge in [0.15, 0.2) is 11.5 Å². The number of methoxy groups -OCH3 is 2. The first kappa shape index (κ1) is 19.5. The molecule has 0 aliphatic rings. The van der Waals surface area contributed by atoms with E-state index in [0.29, 0.717) is 17.1 Å². The largest absolute Gasteiger partial charge is 0.493 e. The van der Waals surface area contributed by atoms with E-state index in [0.717, 1.165) is 5.56 Å². The summed E-state index contributed by atoms with van der Waals surface area (Å²) in [5.41, 5.74) is 1.44. The molecule has 7 heteroatoms. The first-order chi connectivity index (χ1) is 12.4. The molecule has 2 aromatic rings. The number of carbonyl (C=O) groups is 1. The van der Waals surface area contributed by atoms with Gasteiger partial charge in [0, 0.05) is 0 Å². The molecule has 0 aliphatic heterocycles. The maximum absolute atomic E-state index is 12.3. The smallest absolute Gasteiger partial charge is 0.387 e. The van der Waals surface area contributed by atoms with Gasteiger partial charge in [0.05, 0.1) is 26.7 Å². The van der Waals surface area contributed by atoms with E-state index >= 15 is 0 Å². The average molecular weight is 365 g/mol. The second kappa shape index (κ2) is 9.03. The van der Waals surface area contributed by atoms with Crippen molar-refractivity contribution in [2.24, 2.45) is 0 Å². The molecule has 0 aromatic heterocycles. The van der Waals surface area contributed by atoms with Gasteiger partial charge in [-0.05, 0) is 42.3 Å². The topological polar surface area (TPSA) is 56.8 Å². The average Bonchev–Trinajstić information content (AvgIpc) is 2.61. The number of amides is 1. The summed E-state index contributed by atoms with van der Waals surface area (Å²) < 4.78 is 39.4. The van der Waals surface area contributed by atoms with Crippen molar-refractivity contribution in [2.75, 3.05) is 14.2 Å². The molecule has 140 valence electrons. The highest BCUT2D eigenvalue weighted by Gasteiger charge is 2.13. The summed E-state index contributed by atoms with van der Waals surface area (Å²) in [7, 11) is 3.07. The van der Waals surface area contributed by atoms with Gasteiger partial charge in [0.25, 0.3) is 0 Å². The van der Waals surface area contributed by atoms with Gasteiger partial charge >= 0.3 is 6.61 Å². The second-order valence-electron chi connectivity index (χ2n) is 5.61. The van der Waals surface area contributed by atoms with Crippen molar-refractivity contribution in [1.29, 1.82) is 0 Å². The highest BCUT2D eigenvalue weighted by molar-refractivity contribution is 5.79. The van der Waals surface area contributed by atoms with Crippen LogP contribution in [0.2, 0.25) is 0 Å². The number of nitrogens with one attached hydrogen (secondary N) is 1. The number of benzene rings is 2. The fourth-order valence-electron chi connectivity index (χ4n) is 2.51. The maximum atomic E-state index is 12.3. The van der Waals surface area contributed by atoms with Crippen LogP contribution >= 0.6 is 0 Å². The standard InChI is InChI=1S/C19H21F2NO4/c1-12(14-5-4-6-15(11-14)26-19(20)21)22-18(23)10-13-7-8-16(24-2)17(9-13)25-3/h4-9,11-12,19H,10H2,1-3H3,(H,22,23). The third-order valence-electron chi connectivity index (χ3n) is 3.77. The van der Waals surface area contributed by atoms with Crippen LogP contribution in [-0.4, -0.2) is 26.7 Å². The van der Waals surface area contributed by atoms with Crippen molar-refractivity contribution in [1.82, 2.24) is 5.32 Å². The Balaban J connectivity index is 2.01. The van der Waals surface area contributed by atoms with Gasteiger partial charge in [-0.1, -0.05) is 18.2 Å². The zero-order chi connectivity index (χ0) is 19.1. The van der Waals surface area contributed by atoms with E-state index in [2.05, 4.69) is 10.1 Å². The van der Waals surface area contributed by atoms with Crippen LogP contribution in [-0.2, 0) is 11.2 Å². The fourth-order valence-corrected chi connectivity index (χ4v) is 2.51. The van der Waals surface area contributed by atoms with Crippen LogP contribution in [0.5, 0.6) is 17.2 Å². The lowest BCUT2D eigenvalue weighted by molar-refractivity contribution is -0.121. The van der Waals surface area contributed by atoms with E-state index in [1.807, 2.05) is 0 Å². The highest BCUT2D eigenvalue weighted by atomic mass is 19.3. The van der Waals surface area contributed by atoms with Gasteiger partial charge in [-0.3, -0.25) is 4.79 Å². The Bertz CT molecular complexity index is 752. The maximum Gasteiger partial charge on any atom is 0.387 e. The number of hydrogen-bond acceptors (Lipinski definition) is 4. The molecular formula is C19H21F2NO4. The van der Waals surface area contributed by atoms with Crippen LogP contribution in [0.4, 0.5) is 8.78 Å². The summed E-state index contributed by atoms with van der Waals surface area (Å²) in [6.45, 7) is -1.12. The molecule has 0 heterocycles. The minimum absolute atomic E-state index is 0.0542. The Labute approximate surface area is 150 Å². The summed E-state index contributed by atoms with van der Waals surface area (Å²) in [5, 5.41) is 2.84. The minimum Gasteiger partial charge on any atom is -0.493 e. The Morgan fingerprint density at radius 2 is 1.81 bits per heavy atom. The van der Waals surface area contributed by atoms with Crippen LogP contribution in [0.25, 0.3) is 0 Å². The molecule has 0 radical (unpaired) electrons. The Morgan fingerprint density at radius 1 is 1.08 bits per heavy atom. The Kier molecular flexibility index (Phi) is 6.77. The van der Waals surface area contributed by atoms with Crippen molar-refractivity contribution < 1.29 is 27.8 Å². The van der Waals surface area contributed by atoms with Crippen LogP contribution in [0.15, 0.2) is 42.5 Å². The van der Waals surface area contributed by atoms with Gasteiger partial charge in [-0.15, -0.1) is 0 Å². The van der Waals surface area contributed by atoms with Crippen LogP contribution in [0.1, 0.15) is 24.1 Å². The van der Waals surface area contributed by atoms with E-state index in [4.69, 9.17) is 9.47 Å². The number of halogens is 2. The zero-order valence-corrected chi connectivity index (χ0v) is 14.8. The van der Waals surface area contributed by atoms with Gasteiger partial charge in [-0.25, -0.2) is 0 Å². The fraction of sp³-hybridized carbons (Fsp3) is 0.316. The predicted molar refractivity (Wildman–Crippen MR) is 92.9 cm³/mol. The van der Waals surface area contributed by atoms with Gasteiger partial charge in [0.2, 0.25) is 5.91 Å². The van der Waals surface area contributed by atoms with Crippen LogP contribution in [0.3, 0.4) is 0 Å². The molecule has 0 spiro atoms. The van der Waals surface area contributed by atoms with Crippen molar-refractivity contribution in [2.45, 2.75) is 26.0 Å². The molecule has 2 rings (SSSR count). The van der Waals surface area contributed by atoms with Gasteiger partial charge in [0.1, 0.15) is 5.75 Å². The van der Waals surface area contributed by atoms with Crippen molar-refractivity contribution in [3.8, 4) is 17.2 Å². The first-order valence-corrected chi connectivity index (χ1v) is 7.98. The molecule has 26 heavy (non-hydrogen) atoms. The number of hydrogen-bond donors (Lipinski definition) is 1. The summed E-state index contributed by atoms with van der Waals surface area (Å²) in [6, 6.07) is 11.1. The summed E-state index contributed by atoms with van der Waals surface area (Å²) in [6.07, 6.45) is 0.151. The summed E-state index contributed by atoms with van der Waals surface area (Å²) in [4.78, 5) is 12.3. The molecule has 0 fully saturated rings. The second-order valence-corrected chi connectivity index (χ2v) is 5.61. The SMILES string of the molecule is COc1ccc(CC(=O)NC(C)c2cccc(OC(F)F)c2)cc1OC. The molecule has 1 atom stereocenters. The molecule has 0 bridgehead atoms. The monoisotopic (exact) mass is 365 g/mol. The normalized spacial score (nSPS) is 11.8. The number of carbonyl (C=O) groups excluding carboxylic acids is 1. The molecule has 1 amide bonds. The third kappa shape index (κ3) is 5.34. The van der Waals surface area contributed by atoms with Crippen molar-refractivity contribution in [3.63, 3.8) is 0 Å². The van der Waals surface area contributed by atoms with E-state index in [-0.39, 0.29) is 24.1 Å². The highest BCUT2D eigenvalue weighted by Crippen LogP contribution is 2.28. The van der Waals surface area contributed by atoms with Crippen LogP contribution in [0, 0.1) is 0 Å². The lowest BCUT2D eigenvalue weighted by atomic mass is 10.1. The van der Waals surface area contributed by atoms with Crippen LogP contribution < -0.4 is 19.5 Å². The van der Waals surface area contributed by atoms with E-state index in [9.17, 15) is 13.6 Å². The first-order valence-electron chi connectivity index (χ1n) is 7.98. The third-order valence-corrected chi connectivity index (χ3v) is 3.77. The lowest BCUT2D eigenvalue weighted by Crippen LogP contribution is -2.28. The molecule has 1 N–H and O–H groups in total. The Hall–Kier alpha value is -2.83. The predicted octanol–water partition coefficient (Wildman–Crippen LogP) is 3.73. The number of alkyl halides is 2. The summed E-state index contributed by atoms with van der Waals surface area (Å²) >= 11 is 0. The molecular weight excluding hydrogens is 344 g/mol. The van der Waals surface area contributed by atoms with E-state index in [1.54, 1.807) is 37.3 Å². The molecule has 2 aromatic carbocycles. The molecule has 0 saturated heterocycles. The number of rotatable bonds is 8. The summed E-state index contributed by atoms with van der Waals surface area (Å²) in [5.74, 6) is 0.979. The molecule has 1 unspecified atom stereocenters. The molecule has 0 saturated carbocycles. The molecule has 5 nitrogen and oxygen atoms in total. The van der Waals surface area contributed by atoms with Gasteiger partial charge in [-0.2, -0.15) is 8.78 Å². The van der Waals surface area contributed by atoms with E-state index in [1.165, 1.54) is 26.4 Å². The quantitative estimate of drug-likeness (QED) is 0.775. The lowest BCUT2D eigenvalue weighted by Gasteiger charge is -2.16. The van der Waals surface area contributed by atoms with Crippen molar-refractivity contribution >= 4 is 5.91 Å². The van der Waals surface area contributed by atoms with Gasteiger partial charge < -0.3 is 19.5 Å². The minimum atomic E-state index is -2.89. The Morgan fingerprint density at radius 3 is 2.46 bits per heavy atom. The van der Waals surface area contributed by atoms with Crippen molar-refractivity contribution in [3.05, 3.63) is 53.6 Å². The number of ether oxygens (including phenoxy) is 3. The van der Waals surface area contributed by atoms with E-state index < -0.39 is 6.61 Å².